The Labute approximate surface area is 122 Å². The normalized spacial score (nSPS) is 11.3. The molecule has 0 aliphatic heterocycles. The Morgan fingerprint density at radius 2 is 1.21 bits per heavy atom. The van der Waals surface area contributed by atoms with Gasteiger partial charge in [0.05, 0.1) is 0 Å². The van der Waals surface area contributed by atoms with Crippen molar-refractivity contribution in [1.82, 2.24) is 0 Å². The molecule has 0 saturated heterocycles. The molecule has 0 spiro atoms. The van der Waals surface area contributed by atoms with E-state index >= 15 is 0 Å². The lowest BCUT2D eigenvalue weighted by atomic mass is 10.1. The van der Waals surface area contributed by atoms with Crippen molar-refractivity contribution in [2.45, 2.75) is 97.3 Å². The van der Waals surface area contributed by atoms with Gasteiger partial charge in [-0.15, -0.1) is 6.58 Å². The molecule has 0 rings (SSSR count). The van der Waals surface area contributed by atoms with Crippen molar-refractivity contribution in [2.75, 3.05) is 0 Å². The standard InChI is InChI=1S/C19H36/c1-4-5-6-7-8-9-10-11-12-13-14-15-16-17-18-19(2)3/h11-12H,2,4-10,13-18H2,1,3H3/b12-11+. The summed E-state index contributed by atoms with van der Waals surface area (Å²) in [6, 6.07) is 0. The van der Waals surface area contributed by atoms with Crippen molar-refractivity contribution >= 4 is 0 Å². The number of hydrogen-bond acceptors (Lipinski definition) is 0. The molecule has 0 heteroatoms. The van der Waals surface area contributed by atoms with Crippen molar-refractivity contribution in [3.8, 4) is 0 Å². The van der Waals surface area contributed by atoms with Gasteiger partial charge in [0.2, 0.25) is 0 Å². The van der Waals surface area contributed by atoms with Gasteiger partial charge in [0.25, 0.3) is 0 Å². The van der Waals surface area contributed by atoms with E-state index in [1.165, 1.54) is 89.0 Å². The molecule has 0 aromatic rings. The van der Waals surface area contributed by atoms with Crippen LogP contribution in [-0.2, 0) is 0 Å². The van der Waals surface area contributed by atoms with Crippen LogP contribution in [-0.4, -0.2) is 0 Å². The van der Waals surface area contributed by atoms with Gasteiger partial charge in [-0.2, -0.15) is 0 Å². The number of hydrogen-bond donors (Lipinski definition) is 0. The molecule has 0 aliphatic rings. The van der Waals surface area contributed by atoms with Crippen LogP contribution in [0.3, 0.4) is 0 Å². The summed E-state index contributed by atoms with van der Waals surface area (Å²) in [5, 5.41) is 0. The van der Waals surface area contributed by atoms with E-state index in [1.54, 1.807) is 0 Å². The highest BCUT2D eigenvalue weighted by molar-refractivity contribution is 4.87. The average Bonchev–Trinajstić information content (AvgIpc) is 2.39. The molecule has 0 aromatic heterocycles. The maximum atomic E-state index is 3.94. The van der Waals surface area contributed by atoms with E-state index < -0.39 is 0 Å². The second kappa shape index (κ2) is 15.5. The summed E-state index contributed by atoms with van der Waals surface area (Å²) in [5.41, 5.74) is 1.33. The van der Waals surface area contributed by atoms with E-state index in [1.807, 2.05) is 0 Å². The van der Waals surface area contributed by atoms with E-state index in [4.69, 9.17) is 0 Å². The molecule has 0 atom stereocenters. The van der Waals surface area contributed by atoms with E-state index in [9.17, 15) is 0 Å². The Bertz CT molecular complexity index is 212. The molecule has 0 nitrogen and oxygen atoms in total. The first-order valence-electron chi connectivity index (χ1n) is 8.56. The smallest absolute Gasteiger partial charge is 0.0326 e. The fourth-order valence-corrected chi connectivity index (χ4v) is 2.32. The van der Waals surface area contributed by atoms with Gasteiger partial charge in [-0.25, -0.2) is 0 Å². The van der Waals surface area contributed by atoms with Gasteiger partial charge >= 0.3 is 0 Å². The first kappa shape index (κ1) is 18.5. The van der Waals surface area contributed by atoms with Crippen LogP contribution in [0.15, 0.2) is 24.3 Å². The molecule has 112 valence electrons. The summed E-state index contributed by atoms with van der Waals surface area (Å²) < 4.78 is 0. The van der Waals surface area contributed by atoms with Gasteiger partial charge in [-0.3, -0.25) is 0 Å². The third kappa shape index (κ3) is 17.5. The lowest BCUT2D eigenvalue weighted by Crippen LogP contribution is -1.80. The third-order valence-corrected chi connectivity index (χ3v) is 3.62. The number of rotatable bonds is 14. The van der Waals surface area contributed by atoms with Crippen molar-refractivity contribution < 1.29 is 0 Å². The summed E-state index contributed by atoms with van der Waals surface area (Å²) in [4.78, 5) is 0. The Morgan fingerprint density at radius 1 is 0.737 bits per heavy atom. The highest BCUT2D eigenvalue weighted by Gasteiger charge is 1.90. The van der Waals surface area contributed by atoms with E-state index in [-0.39, 0.29) is 0 Å². The lowest BCUT2D eigenvalue weighted by molar-refractivity contribution is 0.610. The largest absolute Gasteiger partial charge is 0.100 e. The van der Waals surface area contributed by atoms with Crippen LogP contribution in [0, 0.1) is 0 Å². The van der Waals surface area contributed by atoms with Gasteiger partial charge in [0.15, 0.2) is 0 Å². The summed E-state index contributed by atoms with van der Waals surface area (Å²) in [6.07, 6.45) is 22.5. The Kier molecular flexibility index (Phi) is 15.1. The minimum atomic E-state index is 1.22. The zero-order valence-electron chi connectivity index (χ0n) is 13.6. The van der Waals surface area contributed by atoms with Crippen LogP contribution in [0.4, 0.5) is 0 Å². The molecule has 19 heavy (non-hydrogen) atoms. The molecule has 0 aromatic carbocycles. The summed E-state index contributed by atoms with van der Waals surface area (Å²) in [7, 11) is 0. The first-order valence-corrected chi connectivity index (χ1v) is 8.56. The maximum Gasteiger partial charge on any atom is -0.0326 e. The van der Waals surface area contributed by atoms with Gasteiger partial charge in [-0.05, 0) is 45.4 Å². The highest BCUT2D eigenvalue weighted by Crippen LogP contribution is 2.10. The van der Waals surface area contributed by atoms with Crippen molar-refractivity contribution in [3.63, 3.8) is 0 Å². The molecule has 0 saturated carbocycles. The van der Waals surface area contributed by atoms with Crippen molar-refractivity contribution in [2.24, 2.45) is 0 Å². The monoisotopic (exact) mass is 264 g/mol. The van der Waals surface area contributed by atoms with Gasteiger partial charge in [0.1, 0.15) is 0 Å². The predicted octanol–water partition coefficient (Wildman–Crippen LogP) is 7.21. The molecule has 0 heterocycles. The fourth-order valence-electron chi connectivity index (χ4n) is 2.32. The van der Waals surface area contributed by atoms with Crippen LogP contribution >= 0.6 is 0 Å². The Balaban J connectivity index is 3.07. The topological polar surface area (TPSA) is 0 Å². The van der Waals surface area contributed by atoms with Crippen molar-refractivity contribution in [1.29, 1.82) is 0 Å². The van der Waals surface area contributed by atoms with Crippen LogP contribution in [0.5, 0.6) is 0 Å². The summed E-state index contributed by atoms with van der Waals surface area (Å²) >= 11 is 0. The van der Waals surface area contributed by atoms with Crippen LogP contribution < -0.4 is 0 Å². The number of allylic oxidation sites excluding steroid dienone is 3. The third-order valence-electron chi connectivity index (χ3n) is 3.62. The molecule has 0 amide bonds. The Morgan fingerprint density at radius 3 is 1.74 bits per heavy atom. The molecule has 0 unspecified atom stereocenters. The maximum absolute atomic E-state index is 3.94. The molecule has 0 fully saturated rings. The zero-order chi connectivity index (χ0) is 14.2. The summed E-state index contributed by atoms with van der Waals surface area (Å²) in [6.45, 7) is 8.35. The van der Waals surface area contributed by atoms with Gasteiger partial charge in [0, 0.05) is 0 Å². The van der Waals surface area contributed by atoms with Crippen molar-refractivity contribution in [3.05, 3.63) is 24.3 Å². The van der Waals surface area contributed by atoms with Gasteiger partial charge < -0.3 is 0 Å². The van der Waals surface area contributed by atoms with E-state index in [0.717, 1.165) is 0 Å². The van der Waals surface area contributed by atoms with Gasteiger partial charge in [-0.1, -0.05) is 69.6 Å². The van der Waals surface area contributed by atoms with E-state index in [2.05, 4.69) is 32.6 Å². The van der Waals surface area contributed by atoms with Crippen LogP contribution in [0.2, 0.25) is 0 Å². The Hall–Kier alpha value is -0.520. The number of unbranched alkanes of at least 4 members (excludes halogenated alkanes) is 10. The molecular formula is C19H36. The summed E-state index contributed by atoms with van der Waals surface area (Å²) in [5.74, 6) is 0. The minimum absolute atomic E-state index is 1.22. The molecule has 0 N–H and O–H groups in total. The minimum Gasteiger partial charge on any atom is -0.100 e. The first-order chi connectivity index (χ1) is 9.27. The molecule has 0 bridgehead atoms. The van der Waals surface area contributed by atoms with E-state index in [0.29, 0.717) is 0 Å². The SMILES string of the molecule is C=C(C)CCCCCC/C=C/CCCCCCCC. The molecule has 0 radical (unpaired) electrons. The molecule has 0 aliphatic carbocycles. The second-order valence-corrected chi connectivity index (χ2v) is 5.94. The lowest BCUT2D eigenvalue weighted by Gasteiger charge is -1.99. The average molecular weight is 264 g/mol. The fraction of sp³-hybridized carbons (Fsp3) is 0.789. The highest BCUT2D eigenvalue weighted by atomic mass is 14.0. The molecular weight excluding hydrogens is 228 g/mol. The second-order valence-electron chi connectivity index (χ2n) is 5.94. The zero-order valence-corrected chi connectivity index (χ0v) is 13.6. The van der Waals surface area contributed by atoms with Crippen LogP contribution in [0.1, 0.15) is 97.3 Å². The van der Waals surface area contributed by atoms with Crippen LogP contribution in [0.25, 0.3) is 0 Å². The quantitative estimate of drug-likeness (QED) is 0.230. The predicted molar refractivity (Wildman–Crippen MR) is 89.6 cm³/mol.